The topological polar surface area (TPSA) is 106 Å². The zero-order chi connectivity index (χ0) is 22.8. The Morgan fingerprint density at radius 3 is 2.58 bits per heavy atom. The number of alkyl halides is 3. The average Bonchev–Trinajstić information content (AvgIpc) is 3.16. The van der Waals surface area contributed by atoms with Crippen LogP contribution in [0, 0.1) is 0 Å². The number of rotatable bonds is 2. The summed E-state index contributed by atoms with van der Waals surface area (Å²) in [5.74, 6) is -2.25. The quantitative estimate of drug-likeness (QED) is 0.615. The largest absolute Gasteiger partial charge is 0.490 e. The molecule has 3 heterocycles. The van der Waals surface area contributed by atoms with Crippen molar-refractivity contribution in [2.45, 2.75) is 25.2 Å². The molecule has 3 N–H and O–H groups in total. The molecule has 0 unspecified atom stereocenters. The number of aliphatic imine (C=N–C) groups is 1. The summed E-state index contributed by atoms with van der Waals surface area (Å²) in [7, 11) is 0. The van der Waals surface area contributed by atoms with Gasteiger partial charge in [0.2, 0.25) is 0 Å². The fraction of sp³-hybridized carbons (Fsp3) is 0.200. The summed E-state index contributed by atoms with van der Waals surface area (Å²) in [6.07, 6.45) is 0.0938. The number of hydrogen-bond acceptors (Lipinski definition) is 5. The van der Waals surface area contributed by atoms with E-state index in [0.717, 1.165) is 22.4 Å². The fourth-order valence-electron chi connectivity index (χ4n) is 3.09. The minimum Gasteiger partial charge on any atom is -0.475 e. The van der Waals surface area contributed by atoms with Crippen LogP contribution in [0.4, 0.5) is 13.2 Å². The molecule has 1 atom stereocenters. The number of aliphatic carboxylic acids is 1. The minimum absolute atomic E-state index is 0.467. The first kappa shape index (κ1) is 22.3. The molecule has 3 aromatic rings. The first-order valence-corrected chi connectivity index (χ1v) is 9.26. The second kappa shape index (κ2) is 8.38. The lowest BCUT2D eigenvalue weighted by molar-refractivity contribution is -0.192. The van der Waals surface area contributed by atoms with E-state index in [9.17, 15) is 13.2 Å². The summed E-state index contributed by atoms with van der Waals surface area (Å²) in [5.41, 5.74) is 9.62. The molecule has 0 bridgehead atoms. The van der Waals surface area contributed by atoms with Crippen molar-refractivity contribution in [2.24, 2.45) is 10.7 Å². The predicted molar refractivity (Wildman–Crippen MR) is 109 cm³/mol. The lowest BCUT2D eigenvalue weighted by Gasteiger charge is -2.31. The van der Waals surface area contributed by atoms with Crippen molar-refractivity contribution in [1.29, 1.82) is 0 Å². The zero-order valence-electron chi connectivity index (χ0n) is 16.1. The van der Waals surface area contributed by atoms with E-state index in [1.165, 1.54) is 0 Å². The van der Waals surface area contributed by atoms with Gasteiger partial charge in [-0.1, -0.05) is 29.8 Å². The third-order valence-electron chi connectivity index (χ3n) is 4.57. The summed E-state index contributed by atoms with van der Waals surface area (Å²) < 4.78 is 33.6. The molecule has 31 heavy (non-hydrogen) atoms. The Balaban J connectivity index is 0.000000339. The number of carboxylic acids is 1. The van der Waals surface area contributed by atoms with Gasteiger partial charge in [-0.15, -0.1) is 0 Å². The molecule has 1 aromatic carbocycles. The predicted octanol–water partition coefficient (Wildman–Crippen LogP) is 3.87. The monoisotopic (exact) mass is 451 g/mol. The molecule has 0 spiro atoms. The van der Waals surface area contributed by atoms with Crippen LogP contribution in [0.3, 0.4) is 0 Å². The maximum Gasteiger partial charge on any atom is 0.490 e. The first-order chi connectivity index (χ1) is 14.5. The van der Waals surface area contributed by atoms with Crippen LogP contribution in [0.15, 0.2) is 60.0 Å². The molecule has 0 aliphatic carbocycles. The maximum absolute atomic E-state index is 10.6. The molecule has 11 heteroatoms. The van der Waals surface area contributed by atoms with E-state index >= 15 is 0 Å². The molecule has 0 saturated carbocycles. The first-order valence-electron chi connectivity index (χ1n) is 8.89. The molecule has 0 saturated heterocycles. The van der Waals surface area contributed by atoms with Crippen LogP contribution in [0.2, 0.25) is 5.02 Å². The molecule has 0 fully saturated rings. The lowest BCUT2D eigenvalue weighted by Crippen LogP contribution is -2.37. The Labute approximate surface area is 180 Å². The maximum atomic E-state index is 10.6. The number of hydrogen-bond donors (Lipinski definition) is 2. The van der Waals surface area contributed by atoms with E-state index in [4.69, 9.17) is 32.2 Å². The normalized spacial score (nSPS) is 17.8. The highest BCUT2D eigenvalue weighted by atomic mass is 35.5. The molecule has 7 nitrogen and oxygen atoms in total. The molecule has 1 aliphatic heterocycles. The Hall–Kier alpha value is -3.40. The number of pyridine rings is 1. The highest BCUT2D eigenvalue weighted by Crippen LogP contribution is 2.33. The number of fused-ring (bicyclic) bond motifs is 1. The summed E-state index contributed by atoms with van der Waals surface area (Å²) in [5, 5.41) is 12.1. The third kappa shape index (κ3) is 5.02. The number of benzene rings is 1. The molecular formula is C20H17ClF3N5O2. The number of halogens is 4. The van der Waals surface area contributed by atoms with Crippen molar-refractivity contribution in [3.63, 3.8) is 0 Å². The van der Waals surface area contributed by atoms with Crippen LogP contribution >= 0.6 is 11.6 Å². The Morgan fingerprint density at radius 1 is 1.23 bits per heavy atom. The van der Waals surface area contributed by atoms with Gasteiger partial charge in [-0.05, 0) is 36.2 Å². The van der Waals surface area contributed by atoms with Crippen LogP contribution in [0.5, 0.6) is 0 Å². The third-order valence-corrected chi connectivity index (χ3v) is 4.78. The van der Waals surface area contributed by atoms with Gasteiger partial charge in [-0.3, -0.25) is 14.7 Å². The Kier molecular flexibility index (Phi) is 6.03. The summed E-state index contributed by atoms with van der Waals surface area (Å²) in [6.45, 7) is 2.72. The van der Waals surface area contributed by atoms with Gasteiger partial charge in [0.25, 0.3) is 0 Å². The summed E-state index contributed by atoms with van der Waals surface area (Å²) in [4.78, 5) is 17.8. The molecule has 2 aromatic heterocycles. The van der Waals surface area contributed by atoms with E-state index in [1.807, 2.05) is 28.9 Å². The zero-order valence-corrected chi connectivity index (χ0v) is 16.9. The number of nitrogens with two attached hydrogens (primary N) is 1. The Morgan fingerprint density at radius 2 is 1.94 bits per heavy atom. The van der Waals surface area contributed by atoms with Gasteiger partial charge in [0, 0.05) is 24.2 Å². The van der Waals surface area contributed by atoms with Crippen LogP contribution in [0.25, 0.3) is 11.1 Å². The van der Waals surface area contributed by atoms with Crippen molar-refractivity contribution >= 4 is 23.4 Å². The van der Waals surface area contributed by atoms with Gasteiger partial charge in [-0.25, -0.2) is 4.79 Å². The van der Waals surface area contributed by atoms with Crippen LogP contribution in [0.1, 0.15) is 18.2 Å². The number of aromatic nitrogens is 3. The fourth-order valence-corrected chi connectivity index (χ4v) is 3.26. The van der Waals surface area contributed by atoms with E-state index in [1.54, 1.807) is 18.6 Å². The van der Waals surface area contributed by atoms with E-state index in [0.29, 0.717) is 17.4 Å². The second-order valence-electron chi connectivity index (χ2n) is 6.92. The van der Waals surface area contributed by atoms with Crippen molar-refractivity contribution < 1.29 is 23.1 Å². The molecule has 0 radical (unpaired) electrons. The summed E-state index contributed by atoms with van der Waals surface area (Å²) in [6, 6.07) is 12.0. The van der Waals surface area contributed by atoms with E-state index in [-0.39, 0.29) is 0 Å². The molecule has 1 aliphatic rings. The number of amidine groups is 1. The average molecular weight is 452 g/mol. The van der Waals surface area contributed by atoms with Crippen LogP contribution in [-0.2, 0) is 16.9 Å². The van der Waals surface area contributed by atoms with Gasteiger partial charge in [0.1, 0.15) is 17.1 Å². The number of nitrogens with zero attached hydrogens (tertiary/aromatic N) is 4. The molecular weight excluding hydrogens is 435 g/mol. The van der Waals surface area contributed by atoms with Crippen molar-refractivity contribution in [2.75, 3.05) is 0 Å². The summed E-state index contributed by atoms with van der Waals surface area (Å²) >= 11 is 6.06. The van der Waals surface area contributed by atoms with Crippen molar-refractivity contribution in [1.82, 2.24) is 14.8 Å². The highest BCUT2D eigenvalue weighted by Gasteiger charge is 2.38. The smallest absolute Gasteiger partial charge is 0.475 e. The van der Waals surface area contributed by atoms with Gasteiger partial charge < -0.3 is 10.8 Å². The standard InChI is InChI=1S/C18H16ClN5.C2HF3O2/c1-18(11-24-16(5-6-22-24)17(20)23-18)14-4-2-3-12(7-14)13-8-15(19)10-21-9-13;3-2(4,5)1(6)7/h2-10H,11H2,1H3,(H2,20,23);(H,6,7)/t18-;/m0./s1. The van der Waals surface area contributed by atoms with Gasteiger partial charge >= 0.3 is 12.1 Å². The van der Waals surface area contributed by atoms with Gasteiger partial charge in [0.05, 0.1) is 11.6 Å². The SMILES string of the molecule is C[C@@]1(c2cccc(-c3cncc(Cl)c3)c2)Cn2nccc2C(N)=N1.O=C(O)C(F)(F)F. The van der Waals surface area contributed by atoms with E-state index < -0.39 is 17.7 Å². The van der Waals surface area contributed by atoms with Crippen LogP contribution < -0.4 is 5.73 Å². The molecule has 4 rings (SSSR count). The molecule has 0 amide bonds. The number of carboxylic acid groups (broad SMARTS) is 1. The van der Waals surface area contributed by atoms with Gasteiger partial charge in [0.15, 0.2) is 0 Å². The van der Waals surface area contributed by atoms with Crippen molar-refractivity contribution in [3.8, 4) is 11.1 Å². The van der Waals surface area contributed by atoms with Crippen molar-refractivity contribution in [3.05, 3.63) is 71.3 Å². The Bertz CT molecular complexity index is 1150. The molecule has 162 valence electrons. The van der Waals surface area contributed by atoms with E-state index in [2.05, 4.69) is 29.1 Å². The second-order valence-corrected chi connectivity index (χ2v) is 7.36. The van der Waals surface area contributed by atoms with Gasteiger partial charge in [-0.2, -0.15) is 18.3 Å². The number of carbonyl (C=O) groups is 1. The lowest BCUT2D eigenvalue weighted by atomic mass is 9.89. The van der Waals surface area contributed by atoms with Crippen LogP contribution in [-0.4, -0.2) is 37.9 Å². The highest BCUT2D eigenvalue weighted by molar-refractivity contribution is 6.30. The minimum atomic E-state index is -5.08.